The molecule has 0 aliphatic heterocycles. The van der Waals surface area contributed by atoms with Crippen molar-refractivity contribution in [3.8, 4) is 11.3 Å². The first kappa shape index (κ1) is 9.99. The summed E-state index contributed by atoms with van der Waals surface area (Å²) in [6, 6.07) is 11.9. The Morgan fingerprint density at radius 3 is 2.71 bits per heavy atom. The molecule has 0 aliphatic rings. The first-order chi connectivity index (χ1) is 8.40. The zero-order valence-corrected chi connectivity index (χ0v) is 9.11. The highest BCUT2D eigenvalue weighted by molar-refractivity contribution is 5.63. The van der Waals surface area contributed by atoms with Crippen molar-refractivity contribution in [3.63, 3.8) is 0 Å². The molecule has 0 amide bonds. The van der Waals surface area contributed by atoms with Crippen LogP contribution in [0.3, 0.4) is 0 Å². The monoisotopic (exact) mass is 225 g/mol. The number of fused-ring (bicyclic) bond motifs is 1. The summed E-state index contributed by atoms with van der Waals surface area (Å²) in [5, 5.41) is 13.5. The molecule has 2 heterocycles. The third-order valence-electron chi connectivity index (χ3n) is 2.71. The van der Waals surface area contributed by atoms with E-state index in [0.29, 0.717) is 5.65 Å². The highest BCUT2D eigenvalue weighted by atomic mass is 16.3. The first-order valence-electron chi connectivity index (χ1n) is 5.38. The van der Waals surface area contributed by atoms with Gasteiger partial charge in [-0.15, -0.1) is 0 Å². The second kappa shape index (κ2) is 3.99. The lowest BCUT2D eigenvalue weighted by molar-refractivity contribution is 0.283. The maximum atomic E-state index is 9.19. The van der Waals surface area contributed by atoms with Crippen LogP contribution in [-0.2, 0) is 6.61 Å². The quantitative estimate of drug-likeness (QED) is 0.724. The topological polar surface area (TPSA) is 50.4 Å². The number of hydrogen-bond acceptors (Lipinski definition) is 3. The van der Waals surface area contributed by atoms with E-state index in [1.807, 2.05) is 36.4 Å². The minimum Gasteiger partial charge on any atom is -0.391 e. The number of nitrogens with zero attached hydrogens (tertiary/aromatic N) is 3. The lowest BCUT2D eigenvalue weighted by Gasteiger charge is -2.04. The summed E-state index contributed by atoms with van der Waals surface area (Å²) in [6.45, 7) is -0.0469. The van der Waals surface area contributed by atoms with Gasteiger partial charge in [0.1, 0.15) is 0 Å². The SMILES string of the molecule is OCc1cnn2c(-c3ccccc3)ccnc12. The predicted octanol–water partition coefficient (Wildman–Crippen LogP) is 1.89. The molecule has 0 unspecified atom stereocenters. The fourth-order valence-electron chi connectivity index (χ4n) is 1.88. The number of benzene rings is 1. The predicted molar refractivity (Wildman–Crippen MR) is 64.3 cm³/mol. The van der Waals surface area contributed by atoms with E-state index in [4.69, 9.17) is 0 Å². The van der Waals surface area contributed by atoms with Gasteiger partial charge in [0.2, 0.25) is 0 Å². The van der Waals surface area contributed by atoms with Crippen LogP contribution in [0.5, 0.6) is 0 Å². The van der Waals surface area contributed by atoms with Gasteiger partial charge in [0.05, 0.1) is 18.5 Å². The van der Waals surface area contributed by atoms with Crippen molar-refractivity contribution in [2.24, 2.45) is 0 Å². The molecule has 3 rings (SSSR count). The first-order valence-corrected chi connectivity index (χ1v) is 5.38. The summed E-state index contributed by atoms with van der Waals surface area (Å²) in [7, 11) is 0. The van der Waals surface area contributed by atoms with Crippen molar-refractivity contribution >= 4 is 5.65 Å². The van der Waals surface area contributed by atoms with Gasteiger partial charge in [-0.05, 0) is 6.07 Å². The molecule has 4 nitrogen and oxygen atoms in total. The number of aliphatic hydroxyl groups excluding tert-OH is 1. The molecule has 0 saturated heterocycles. The second-order valence-electron chi connectivity index (χ2n) is 3.76. The number of aliphatic hydroxyl groups is 1. The Hall–Kier alpha value is -2.20. The zero-order chi connectivity index (χ0) is 11.7. The van der Waals surface area contributed by atoms with Crippen LogP contribution in [-0.4, -0.2) is 19.7 Å². The van der Waals surface area contributed by atoms with Crippen LogP contribution in [0.2, 0.25) is 0 Å². The van der Waals surface area contributed by atoms with E-state index in [1.165, 1.54) is 0 Å². The van der Waals surface area contributed by atoms with E-state index in [1.54, 1.807) is 16.9 Å². The normalized spacial score (nSPS) is 10.9. The minimum absolute atomic E-state index is 0.0469. The summed E-state index contributed by atoms with van der Waals surface area (Å²) < 4.78 is 1.75. The molecule has 0 atom stereocenters. The Morgan fingerprint density at radius 1 is 1.12 bits per heavy atom. The molecule has 0 fully saturated rings. The van der Waals surface area contributed by atoms with E-state index in [2.05, 4.69) is 10.1 Å². The summed E-state index contributed by atoms with van der Waals surface area (Å²) in [6.07, 6.45) is 3.38. The molecule has 0 saturated carbocycles. The second-order valence-corrected chi connectivity index (χ2v) is 3.76. The van der Waals surface area contributed by atoms with Crippen molar-refractivity contribution in [3.05, 3.63) is 54.4 Å². The van der Waals surface area contributed by atoms with Crippen molar-refractivity contribution in [2.45, 2.75) is 6.61 Å². The standard InChI is InChI=1S/C13H11N3O/c17-9-11-8-15-16-12(6-7-14-13(11)16)10-4-2-1-3-5-10/h1-8,17H,9H2. The molecule has 0 spiro atoms. The smallest absolute Gasteiger partial charge is 0.161 e. The Balaban J connectivity index is 2.28. The van der Waals surface area contributed by atoms with Crippen LogP contribution >= 0.6 is 0 Å². The molecular formula is C13H11N3O. The van der Waals surface area contributed by atoms with Crippen LogP contribution in [0.1, 0.15) is 5.56 Å². The molecule has 1 N–H and O–H groups in total. The van der Waals surface area contributed by atoms with E-state index in [9.17, 15) is 5.11 Å². The Bertz CT molecular complexity index is 646. The van der Waals surface area contributed by atoms with Gasteiger partial charge in [-0.25, -0.2) is 9.50 Å². The molecule has 0 bridgehead atoms. The minimum atomic E-state index is -0.0469. The number of aromatic nitrogens is 3. The molecule has 0 aliphatic carbocycles. The molecular weight excluding hydrogens is 214 g/mol. The third-order valence-corrected chi connectivity index (χ3v) is 2.71. The summed E-state index contributed by atoms with van der Waals surface area (Å²) in [5.74, 6) is 0. The Morgan fingerprint density at radius 2 is 1.94 bits per heavy atom. The summed E-state index contributed by atoms with van der Waals surface area (Å²) in [5.41, 5.74) is 3.49. The van der Waals surface area contributed by atoms with Gasteiger partial charge in [-0.3, -0.25) is 0 Å². The highest BCUT2D eigenvalue weighted by Gasteiger charge is 2.08. The van der Waals surface area contributed by atoms with Crippen molar-refractivity contribution in [2.75, 3.05) is 0 Å². The lowest BCUT2D eigenvalue weighted by atomic mass is 10.1. The Kier molecular flexibility index (Phi) is 2.34. The highest BCUT2D eigenvalue weighted by Crippen LogP contribution is 2.20. The fraction of sp³-hybridized carbons (Fsp3) is 0.0769. The Labute approximate surface area is 98.2 Å². The summed E-state index contributed by atoms with van der Waals surface area (Å²) in [4.78, 5) is 4.24. The van der Waals surface area contributed by atoms with Gasteiger partial charge >= 0.3 is 0 Å². The molecule has 4 heteroatoms. The van der Waals surface area contributed by atoms with Crippen LogP contribution in [0.25, 0.3) is 16.9 Å². The molecule has 1 aromatic carbocycles. The number of rotatable bonds is 2. The molecule has 84 valence electrons. The zero-order valence-electron chi connectivity index (χ0n) is 9.11. The van der Waals surface area contributed by atoms with Crippen molar-refractivity contribution in [1.82, 2.24) is 14.6 Å². The van der Waals surface area contributed by atoms with E-state index in [-0.39, 0.29) is 6.61 Å². The van der Waals surface area contributed by atoms with Gasteiger partial charge in [0, 0.05) is 17.3 Å². The lowest BCUT2D eigenvalue weighted by Crippen LogP contribution is -1.96. The maximum absolute atomic E-state index is 9.19. The van der Waals surface area contributed by atoms with Gasteiger partial charge in [0.25, 0.3) is 0 Å². The molecule has 3 aromatic rings. The average Bonchev–Trinajstić information content (AvgIpc) is 2.82. The van der Waals surface area contributed by atoms with Crippen LogP contribution < -0.4 is 0 Å². The van der Waals surface area contributed by atoms with Crippen LogP contribution in [0.15, 0.2) is 48.8 Å². The maximum Gasteiger partial charge on any atom is 0.161 e. The third kappa shape index (κ3) is 1.59. The van der Waals surface area contributed by atoms with Gasteiger partial charge in [-0.2, -0.15) is 5.10 Å². The molecule has 17 heavy (non-hydrogen) atoms. The largest absolute Gasteiger partial charge is 0.391 e. The number of hydrogen-bond donors (Lipinski definition) is 1. The molecule has 2 aromatic heterocycles. The molecule has 0 radical (unpaired) electrons. The van der Waals surface area contributed by atoms with Gasteiger partial charge in [0.15, 0.2) is 5.65 Å². The van der Waals surface area contributed by atoms with E-state index in [0.717, 1.165) is 16.8 Å². The van der Waals surface area contributed by atoms with Crippen LogP contribution in [0, 0.1) is 0 Å². The van der Waals surface area contributed by atoms with Crippen molar-refractivity contribution in [1.29, 1.82) is 0 Å². The van der Waals surface area contributed by atoms with Gasteiger partial charge < -0.3 is 5.11 Å². The summed E-state index contributed by atoms with van der Waals surface area (Å²) >= 11 is 0. The van der Waals surface area contributed by atoms with Gasteiger partial charge in [-0.1, -0.05) is 30.3 Å². The average molecular weight is 225 g/mol. The fourth-order valence-corrected chi connectivity index (χ4v) is 1.88. The van der Waals surface area contributed by atoms with Crippen molar-refractivity contribution < 1.29 is 5.11 Å². The van der Waals surface area contributed by atoms with Crippen LogP contribution in [0.4, 0.5) is 0 Å². The van der Waals surface area contributed by atoms with E-state index < -0.39 is 0 Å². The van der Waals surface area contributed by atoms with E-state index >= 15 is 0 Å².